The van der Waals surface area contributed by atoms with Crippen LogP contribution in [0.3, 0.4) is 0 Å². The number of oxime groups is 1. The fraction of sp³-hybridized carbons (Fsp3) is 0.167. The summed E-state index contributed by atoms with van der Waals surface area (Å²) in [5, 5.41) is 7.08. The molecule has 1 N–H and O–H groups in total. The number of hydrogen-bond acceptors (Lipinski definition) is 4. The first-order valence-corrected chi connectivity index (χ1v) is 11.1. The van der Waals surface area contributed by atoms with Crippen molar-refractivity contribution >= 4 is 52.0 Å². The summed E-state index contributed by atoms with van der Waals surface area (Å²) in [6.45, 7) is -0.0519. The van der Waals surface area contributed by atoms with E-state index in [1.165, 1.54) is 24.3 Å². The Morgan fingerprint density at radius 1 is 1.00 bits per heavy atom. The minimum Gasteiger partial charge on any atom is -0.376 e. The van der Waals surface area contributed by atoms with Crippen LogP contribution in [0, 0.1) is 0 Å². The van der Waals surface area contributed by atoms with Gasteiger partial charge in [-0.3, -0.25) is 4.79 Å². The third kappa shape index (κ3) is 4.87. The molecule has 1 aliphatic rings. The molecular formula is C24H16Cl3F3N2O2. The maximum absolute atomic E-state index is 14.2. The first-order chi connectivity index (χ1) is 16.1. The van der Waals surface area contributed by atoms with Gasteiger partial charge >= 0.3 is 6.18 Å². The molecule has 1 heterocycles. The van der Waals surface area contributed by atoms with Gasteiger partial charge in [0.05, 0.1) is 23.0 Å². The number of alkyl halides is 3. The van der Waals surface area contributed by atoms with E-state index in [1.807, 2.05) is 0 Å². The summed E-state index contributed by atoms with van der Waals surface area (Å²) in [5.74, 6) is -0.169. The van der Waals surface area contributed by atoms with Crippen molar-refractivity contribution in [2.75, 3.05) is 11.9 Å². The molecule has 10 heteroatoms. The molecule has 0 fully saturated rings. The Hall–Kier alpha value is -2.74. The van der Waals surface area contributed by atoms with Crippen LogP contribution in [0.5, 0.6) is 0 Å². The van der Waals surface area contributed by atoms with Crippen molar-refractivity contribution in [3.63, 3.8) is 0 Å². The van der Waals surface area contributed by atoms with E-state index >= 15 is 0 Å². The maximum Gasteiger partial charge on any atom is 0.435 e. The van der Waals surface area contributed by atoms with Gasteiger partial charge in [-0.2, -0.15) is 13.2 Å². The van der Waals surface area contributed by atoms with Gasteiger partial charge in [-0.1, -0.05) is 76.4 Å². The predicted octanol–water partition coefficient (Wildman–Crippen LogP) is 7.52. The quantitative estimate of drug-likeness (QED) is 0.337. The van der Waals surface area contributed by atoms with Crippen LogP contribution in [-0.2, 0) is 10.4 Å². The van der Waals surface area contributed by atoms with E-state index in [9.17, 15) is 18.0 Å². The number of nitrogens with zero attached hydrogens (tertiary/aromatic N) is 1. The Bertz CT molecular complexity index is 1250. The fourth-order valence-corrected chi connectivity index (χ4v) is 4.30. The summed E-state index contributed by atoms with van der Waals surface area (Å²) in [4.78, 5) is 17.4. The van der Waals surface area contributed by atoms with Crippen molar-refractivity contribution in [3.05, 3.63) is 98.5 Å². The van der Waals surface area contributed by atoms with Crippen molar-refractivity contribution in [2.24, 2.45) is 5.16 Å². The molecule has 0 bridgehead atoms. The zero-order chi connectivity index (χ0) is 24.5. The van der Waals surface area contributed by atoms with E-state index in [1.54, 1.807) is 30.3 Å². The second-order valence-electron chi connectivity index (χ2n) is 7.63. The van der Waals surface area contributed by atoms with Crippen LogP contribution in [0.4, 0.5) is 18.9 Å². The molecule has 0 saturated heterocycles. The van der Waals surface area contributed by atoms with Gasteiger partial charge in [-0.05, 0) is 30.3 Å². The lowest BCUT2D eigenvalue weighted by molar-refractivity contribution is -0.275. The predicted molar refractivity (Wildman–Crippen MR) is 127 cm³/mol. The van der Waals surface area contributed by atoms with Crippen LogP contribution >= 0.6 is 34.8 Å². The van der Waals surface area contributed by atoms with E-state index in [0.29, 0.717) is 21.8 Å². The largest absolute Gasteiger partial charge is 0.435 e. The lowest BCUT2D eigenvalue weighted by Crippen LogP contribution is -2.42. The molecule has 176 valence electrons. The summed E-state index contributed by atoms with van der Waals surface area (Å²) < 4.78 is 42.6. The average molecular weight is 528 g/mol. The highest BCUT2D eigenvalue weighted by atomic mass is 35.5. The van der Waals surface area contributed by atoms with Crippen LogP contribution < -0.4 is 5.32 Å². The summed E-state index contributed by atoms with van der Waals surface area (Å²) in [7, 11) is 0. The Kier molecular flexibility index (Phi) is 6.80. The molecule has 0 aromatic heterocycles. The smallest absolute Gasteiger partial charge is 0.376 e. The molecule has 0 radical (unpaired) electrons. The van der Waals surface area contributed by atoms with Crippen molar-refractivity contribution in [3.8, 4) is 0 Å². The van der Waals surface area contributed by atoms with Crippen LogP contribution in [0.1, 0.15) is 27.9 Å². The molecule has 0 saturated carbocycles. The normalized spacial score (nSPS) is 17.8. The van der Waals surface area contributed by atoms with Crippen molar-refractivity contribution in [1.82, 2.24) is 0 Å². The third-order valence-corrected chi connectivity index (χ3v) is 6.12. The number of Topliss-reactive ketones (excluding diaryl/α,β-unsaturated/α-hetero) is 1. The first kappa shape index (κ1) is 24.4. The average Bonchev–Trinajstić information content (AvgIpc) is 3.25. The van der Waals surface area contributed by atoms with Crippen molar-refractivity contribution < 1.29 is 22.8 Å². The lowest BCUT2D eigenvalue weighted by atomic mass is 9.86. The molecule has 1 atom stereocenters. The number of benzene rings is 3. The number of halogens is 6. The summed E-state index contributed by atoms with van der Waals surface area (Å²) in [5.41, 5.74) is -1.68. The zero-order valence-corrected chi connectivity index (χ0v) is 19.6. The monoisotopic (exact) mass is 526 g/mol. The molecule has 4 rings (SSSR count). The highest BCUT2D eigenvalue weighted by molar-refractivity contribution is 6.34. The topological polar surface area (TPSA) is 50.7 Å². The molecule has 1 unspecified atom stereocenters. The van der Waals surface area contributed by atoms with Crippen molar-refractivity contribution in [2.45, 2.75) is 18.2 Å². The molecule has 0 spiro atoms. The zero-order valence-electron chi connectivity index (χ0n) is 17.3. The van der Waals surface area contributed by atoms with Gasteiger partial charge in [0, 0.05) is 33.2 Å². The van der Waals surface area contributed by atoms with Crippen LogP contribution in [-0.4, -0.2) is 24.2 Å². The minimum atomic E-state index is -4.80. The standard InChI is InChI=1S/C24H16Cl3F3N2O2/c25-17-9-16(10-18(26)11-17)23(24(28,29)30)12-21(32-34-23)15-6-7-19(27)20(8-15)31-13-22(33)14-4-2-1-3-5-14/h1-11,31H,12-13H2. The van der Waals surface area contributed by atoms with Crippen LogP contribution in [0.25, 0.3) is 0 Å². The summed E-state index contributed by atoms with van der Waals surface area (Å²) in [6.07, 6.45) is -5.40. The Morgan fingerprint density at radius 2 is 1.68 bits per heavy atom. The molecule has 3 aromatic rings. The molecule has 0 aliphatic carbocycles. The van der Waals surface area contributed by atoms with Crippen molar-refractivity contribution in [1.29, 1.82) is 0 Å². The Labute approximate surface area is 208 Å². The number of carbonyl (C=O) groups is 1. The van der Waals surface area contributed by atoms with Gasteiger partial charge in [-0.15, -0.1) is 0 Å². The number of ketones is 1. The minimum absolute atomic E-state index is 0.0456. The second-order valence-corrected chi connectivity index (χ2v) is 8.91. The highest BCUT2D eigenvalue weighted by Crippen LogP contribution is 2.49. The van der Waals surface area contributed by atoms with Gasteiger partial charge in [-0.25, -0.2) is 0 Å². The number of carbonyl (C=O) groups excluding carboxylic acids is 1. The summed E-state index contributed by atoms with van der Waals surface area (Å²) >= 11 is 18.1. The fourth-order valence-electron chi connectivity index (χ4n) is 3.59. The molecule has 3 aromatic carbocycles. The first-order valence-electron chi connectivity index (χ1n) is 9.99. The number of anilines is 1. The number of rotatable bonds is 6. The van der Waals surface area contributed by atoms with E-state index in [2.05, 4.69) is 10.5 Å². The second kappa shape index (κ2) is 9.49. The number of nitrogens with one attached hydrogen (secondary N) is 1. The van der Waals surface area contributed by atoms with Gasteiger partial charge in [0.1, 0.15) is 0 Å². The molecule has 34 heavy (non-hydrogen) atoms. The Balaban J connectivity index is 1.58. The van der Waals surface area contributed by atoms with E-state index in [4.69, 9.17) is 39.6 Å². The highest BCUT2D eigenvalue weighted by Gasteiger charge is 2.62. The van der Waals surface area contributed by atoms with E-state index < -0.39 is 18.2 Å². The van der Waals surface area contributed by atoms with E-state index in [0.717, 1.165) is 12.1 Å². The van der Waals surface area contributed by atoms with Crippen LogP contribution in [0.2, 0.25) is 15.1 Å². The third-order valence-electron chi connectivity index (χ3n) is 5.35. The van der Waals surface area contributed by atoms with Gasteiger partial charge < -0.3 is 10.2 Å². The Morgan fingerprint density at radius 3 is 2.32 bits per heavy atom. The lowest BCUT2D eigenvalue weighted by Gasteiger charge is -2.29. The molecule has 0 amide bonds. The van der Waals surface area contributed by atoms with Gasteiger partial charge in [0.2, 0.25) is 0 Å². The summed E-state index contributed by atoms with van der Waals surface area (Å²) in [6, 6.07) is 16.9. The maximum atomic E-state index is 14.2. The molecule has 1 aliphatic heterocycles. The molecular weight excluding hydrogens is 512 g/mol. The number of hydrogen-bond donors (Lipinski definition) is 1. The van der Waals surface area contributed by atoms with E-state index in [-0.39, 0.29) is 33.6 Å². The van der Waals surface area contributed by atoms with Gasteiger partial charge in [0.15, 0.2) is 5.78 Å². The molecule has 4 nitrogen and oxygen atoms in total. The van der Waals surface area contributed by atoms with Gasteiger partial charge in [0.25, 0.3) is 5.60 Å². The SMILES string of the molecule is O=C(CNc1cc(C2=NOC(c3cc(Cl)cc(Cl)c3)(C(F)(F)F)C2)ccc1Cl)c1ccccc1. The van der Waals surface area contributed by atoms with Crippen LogP contribution in [0.15, 0.2) is 71.9 Å².